The summed E-state index contributed by atoms with van der Waals surface area (Å²) in [5.41, 5.74) is 4.36. The van der Waals surface area contributed by atoms with Gasteiger partial charge in [0, 0.05) is 18.6 Å². The quantitative estimate of drug-likeness (QED) is 0.0673. The highest BCUT2D eigenvalue weighted by Crippen LogP contribution is 2.19. The average molecular weight is 602 g/mol. The first kappa shape index (κ1) is 30.2. The third-order valence-corrected chi connectivity index (χ3v) is 13.0. The van der Waals surface area contributed by atoms with E-state index in [0.717, 1.165) is 53.7 Å². The first-order chi connectivity index (χ1) is 22.3. The van der Waals surface area contributed by atoms with Crippen LogP contribution in [-0.4, -0.2) is 31.5 Å². The normalized spacial score (nSPS) is 11.7. The molecular formula is C40H38BN2OSi. The lowest BCUT2D eigenvalue weighted by molar-refractivity contribution is 0.309. The van der Waals surface area contributed by atoms with Gasteiger partial charge in [-0.25, -0.2) is 0 Å². The molecule has 0 bridgehead atoms. The minimum Gasteiger partial charge on any atom is -0.494 e. The third kappa shape index (κ3) is 7.11. The Morgan fingerprint density at radius 2 is 1.33 bits per heavy atom. The Balaban J connectivity index is 1.47. The lowest BCUT2D eigenvalue weighted by atomic mass is 9.65. The van der Waals surface area contributed by atoms with Crippen molar-refractivity contribution in [3.05, 3.63) is 169 Å². The molecule has 0 aliphatic carbocycles. The van der Waals surface area contributed by atoms with Gasteiger partial charge in [-0.2, -0.15) is 0 Å². The van der Waals surface area contributed by atoms with Gasteiger partial charge in [-0.05, 0) is 45.2 Å². The molecule has 0 atom stereocenters. The van der Waals surface area contributed by atoms with Gasteiger partial charge in [0.1, 0.15) is 5.75 Å². The van der Waals surface area contributed by atoms with Crippen molar-refractivity contribution in [1.82, 2.24) is 9.55 Å². The molecule has 0 saturated heterocycles. The monoisotopic (exact) mass is 601 g/mol. The number of hydrogen-bond donors (Lipinski definition) is 0. The van der Waals surface area contributed by atoms with Gasteiger partial charge in [-0.15, -0.1) is 0 Å². The Kier molecular flexibility index (Phi) is 9.88. The zero-order valence-corrected chi connectivity index (χ0v) is 26.8. The van der Waals surface area contributed by atoms with Crippen molar-refractivity contribution in [2.45, 2.75) is 25.9 Å². The maximum absolute atomic E-state index is 6.26. The predicted molar refractivity (Wildman–Crippen MR) is 193 cm³/mol. The van der Waals surface area contributed by atoms with E-state index in [1.807, 2.05) is 6.20 Å². The topological polar surface area (TPSA) is 27.1 Å². The summed E-state index contributed by atoms with van der Waals surface area (Å²) in [5.74, 6) is 0.930. The first-order valence-corrected chi connectivity index (χ1v) is 18.0. The summed E-state index contributed by atoms with van der Waals surface area (Å²) in [6.45, 7) is 2.92. The fourth-order valence-electron chi connectivity index (χ4n) is 5.96. The Labute approximate surface area is 269 Å². The Hall–Kier alpha value is -4.87. The van der Waals surface area contributed by atoms with Crippen LogP contribution in [0.25, 0.3) is 11.5 Å². The van der Waals surface area contributed by atoms with Crippen LogP contribution in [0.5, 0.6) is 5.75 Å². The summed E-state index contributed by atoms with van der Waals surface area (Å²) in [6, 6.07) is 52.0. The second-order valence-corrected chi connectivity index (χ2v) is 15.2. The minimum atomic E-state index is -2.64. The fraction of sp³-hybridized carbons (Fsp3) is 0.125. The summed E-state index contributed by atoms with van der Waals surface area (Å²) in [5, 5.41) is 4.02. The van der Waals surface area contributed by atoms with Crippen molar-refractivity contribution in [3.63, 3.8) is 0 Å². The zero-order valence-electron chi connectivity index (χ0n) is 25.8. The van der Waals surface area contributed by atoms with Crippen molar-refractivity contribution < 1.29 is 4.74 Å². The van der Waals surface area contributed by atoms with E-state index < -0.39 is 8.07 Å². The number of imidazole rings is 1. The van der Waals surface area contributed by atoms with Crippen LogP contribution >= 0.6 is 0 Å². The molecule has 0 spiro atoms. The molecule has 5 aromatic carbocycles. The van der Waals surface area contributed by atoms with Crippen LogP contribution in [0.3, 0.4) is 0 Å². The van der Waals surface area contributed by atoms with Crippen LogP contribution in [0, 0.1) is 0 Å². The van der Waals surface area contributed by atoms with Crippen molar-refractivity contribution >= 4 is 48.2 Å². The molecule has 0 unspecified atom stereocenters. The van der Waals surface area contributed by atoms with Gasteiger partial charge in [0.25, 0.3) is 0 Å². The van der Waals surface area contributed by atoms with E-state index in [2.05, 4.69) is 177 Å². The minimum absolute atomic E-state index is 0.724. The lowest BCUT2D eigenvalue weighted by Crippen LogP contribution is -2.70. The largest absolute Gasteiger partial charge is 0.494 e. The van der Waals surface area contributed by atoms with Crippen LogP contribution in [-0.2, 0) is 6.17 Å². The molecule has 6 rings (SSSR count). The number of benzene rings is 5. The van der Waals surface area contributed by atoms with Crippen LogP contribution in [0.15, 0.2) is 158 Å². The molecule has 221 valence electrons. The standard InChI is InChI=1S/C40H38BN2OSi/c1-2-3-29-44-35-21-16-26-38(31-35)45(36-22-12-6-13-23-36,37-24-14-7-15-25-37)32-43-28-27-42-40(43)41-39(34-19-10-5-11-20-34)30-33-17-8-4-9-18-33/h4-28,30-31H,2-3,29,32H2,1H3. The molecule has 45 heavy (non-hydrogen) atoms. The molecule has 1 aromatic heterocycles. The number of nitrogens with zero attached hydrogens (tertiary/aromatic N) is 2. The smallest absolute Gasteiger partial charge is 0.241 e. The summed E-state index contributed by atoms with van der Waals surface area (Å²) < 4.78 is 8.61. The molecule has 1 radical (unpaired) electrons. The van der Waals surface area contributed by atoms with E-state index >= 15 is 0 Å². The number of rotatable bonds is 13. The summed E-state index contributed by atoms with van der Waals surface area (Å²) >= 11 is 0. The van der Waals surface area contributed by atoms with Gasteiger partial charge in [0.15, 0.2) is 8.07 Å². The molecule has 3 nitrogen and oxygen atoms in total. The number of hydrogen-bond acceptors (Lipinski definition) is 2. The summed E-state index contributed by atoms with van der Waals surface area (Å²) in [6.07, 6.45) is 9.24. The van der Waals surface area contributed by atoms with Crippen molar-refractivity contribution in [2.75, 3.05) is 6.61 Å². The highest BCUT2D eigenvalue weighted by molar-refractivity contribution is 7.10. The van der Waals surface area contributed by atoms with E-state index in [-0.39, 0.29) is 0 Å². The highest BCUT2D eigenvalue weighted by atomic mass is 28.3. The van der Waals surface area contributed by atoms with Crippen LogP contribution < -0.4 is 26.0 Å². The van der Waals surface area contributed by atoms with Gasteiger partial charge in [-0.3, -0.25) is 4.98 Å². The van der Waals surface area contributed by atoms with E-state index in [1.54, 1.807) is 0 Å². The molecule has 0 aliphatic heterocycles. The van der Waals surface area contributed by atoms with Gasteiger partial charge in [0.05, 0.1) is 12.3 Å². The maximum Gasteiger partial charge on any atom is 0.241 e. The summed E-state index contributed by atoms with van der Waals surface area (Å²) in [7, 11) is -0.416. The second-order valence-electron chi connectivity index (χ2n) is 11.3. The molecule has 0 saturated carbocycles. The first-order valence-electron chi connectivity index (χ1n) is 15.8. The fourth-order valence-corrected chi connectivity index (χ4v) is 10.6. The van der Waals surface area contributed by atoms with E-state index in [9.17, 15) is 0 Å². The van der Waals surface area contributed by atoms with E-state index in [0.29, 0.717) is 0 Å². The Bertz CT molecular complexity index is 1770. The summed E-state index contributed by atoms with van der Waals surface area (Å²) in [4.78, 5) is 4.92. The van der Waals surface area contributed by atoms with Crippen molar-refractivity contribution in [2.24, 2.45) is 0 Å². The van der Waals surface area contributed by atoms with Crippen LogP contribution in [0.2, 0.25) is 0 Å². The molecule has 0 amide bonds. The lowest BCUT2D eigenvalue weighted by Gasteiger charge is -2.35. The molecule has 0 N–H and O–H groups in total. The molecule has 0 fully saturated rings. The molecule has 1 heterocycles. The van der Waals surface area contributed by atoms with Crippen molar-refractivity contribution in [1.29, 1.82) is 0 Å². The average Bonchev–Trinajstić information content (AvgIpc) is 3.55. The molecule has 0 aliphatic rings. The molecular weight excluding hydrogens is 563 g/mol. The number of unbranched alkanes of at least 4 members (excludes halogenated alkanes) is 1. The van der Waals surface area contributed by atoms with Crippen LogP contribution in [0.1, 0.15) is 30.9 Å². The molecule has 6 aromatic rings. The van der Waals surface area contributed by atoms with Gasteiger partial charge < -0.3 is 9.30 Å². The van der Waals surface area contributed by atoms with E-state index in [4.69, 9.17) is 9.72 Å². The highest BCUT2D eigenvalue weighted by Gasteiger charge is 2.40. The van der Waals surface area contributed by atoms with Gasteiger partial charge in [-0.1, -0.05) is 158 Å². The third-order valence-electron chi connectivity index (χ3n) is 8.30. The molecule has 5 heteroatoms. The Morgan fingerprint density at radius 3 is 1.98 bits per heavy atom. The van der Waals surface area contributed by atoms with Gasteiger partial charge in [0.2, 0.25) is 7.28 Å². The van der Waals surface area contributed by atoms with Crippen molar-refractivity contribution in [3.8, 4) is 5.75 Å². The zero-order chi connectivity index (χ0) is 30.7. The number of ether oxygens (including phenoxy) is 1. The maximum atomic E-state index is 6.26. The van der Waals surface area contributed by atoms with Gasteiger partial charge >= 0.3 is 0 Å². The predicted octanol–water partition coefficient (Wildman–Crippen LogP) is 6.30. The second kappa shape index (κ2) is 14.7. The van der Waals surface area contributed by atoms with E-state index in [1.165, 1.54) is 15.6 Å². The number of aromatic nitrogens is 2. The Morgan fingerprint density at radius 1 is 0.733 bits per heavy atom. The SMILES string of the molecule is CCCCOc1cccc([Si](Cn2ccnc2[B]C(=Cc2ccccc2)c2ccccc2)(c2ccccc2)c2ccccc2)c1. The van der Waals surface area contributed by atoms with Crippen LogP contribution in [0.4, 0.5) is 0 Å².